The number of carbonyl (C=O) groups is 7. The average molecular weight is 695 g/mol. The lowest BCUT2D eigenvalue weighted by atomic mass is 10.2. The van der Waals surface area contributed by atoms with E-state index in [-0.39, 0.29) is 42.9 Å². The molecule has 0 aliphatic carbocycles. The second-order valence-corrected chi connectivity index (χ2v) is 11.0. The van der Waals surface area contributed by atoms with Gasteiger partial charge in [0.15, 0.2) is 0 Å². The predicted octanol–water partition coefficient (Wildman–Crippen LogP) is -1.31. The van der Waals surface area contributed by atoms with Crippen LogP contribution in [0.1, 0.15) is 69.7 Å². The number of hydrogen-bond acceptors (Lipinski definition) is 10. The Morgan fingerprint density at radius 1 is 0.571 bits per heavy atom. The molecule has 0 radical (unpaired) electrons. The smallest absolute Gasteiger partial charge is 0.251 e. The topological polar surface area (TPSA) is 283 Å². The van der Waals surface area contributed by atoms with Gasteiger partial charge in [-0.3, -0.25) is 33.6 Å². The molecule has 0 atom stereocenters. The van der Waals surface area contributed by atoms with Gasteiger partial charge in [-0.1, -0.05) is 20.8 Å². The van der Waals surface area contributed by atoms with Crippen molar-refractivity contribution in [3.05, 3.63) is 29.8 Å². The SMILES string of the molecule is CCC(=O)Nc1ccc(C(=O)NCCN(CC)CC)cc1.CN(CCC(N)=O)CCC(N)=O.NC(=O)CCN(CCC(N)=O)CCC(N)=O. The first-order chi connectivity index (χ1) is 23.0. The number of likely N-dealkylation sites (N-methyl/N-ethyl adjacent to an activating group) is 1. The molecule has 17 nitrogen and oxygen atoms in total. The largest absolute Gasteiger partial charge is 0.370 e. The molecule has 0 saturated carbocycles. The van der Waals surface area contributed by atoms with E-state index in [0.717, 1.165) is 19.6 Å². The number of rotatable bonds is 23. The highest BCUT2D eigenvalue weighted by Gasteiger charge is 2.10. The monoisotopic (exact) mass is 694 g/mol. The zero-order valence-electron chi connectivity index (χ0n) is 29.5. The maximum absolute atomic E-state index is 12.0. The minimum absolute atomic E-state index is 0.0357. The molecule has 7 amide bonds. The first-order valence-electron chi connectivity index (χ1n) is 16.3. The van der Waals surface area contributed by atoms with Crippen LogP contribution in [0, 0.1) is 0 Å². The summed E-state index contributed by atoms with van der Waals surface area (Å²) in [4.78, 5) is 81.6. The molecule has 1 aromatic rings. The van der Waals surface area contributed by atoms with E-state index < -0.39 is 17.7 Å². The van der Waals surface area contributed by atoms with Crippen molar-refractivity contribution < 1.29 is 33.6 Å². The summed E-state index contributed by atoms with van der Waals surface area (Å²) in [5, 5.41) is 5.66. The van der Waals surface area contributed by atoms with Crippen LogP contribution < -0.4 is 39.3 Å². The molecule has 1 rings (SSSR count). The minimum atomic E-state index is -0.428. The molecule has 0 unspecified atom stereocenters. The van der Waals surface area contributed by atoms with Crippen molar-refractivity contribution >= 4 is 47.0 Å². The van der Waals surface area contributed by atoms with E-state index in [2.05, 4.69) is 29.4 Å². The minimum Gasteiger partial charge on any atom is -0.370 e. The van der Waals surface area contributed by atoms with Crippen molar-refractivity contribution in [1.29, 1.82) is 0 Å². The number of anilines is 1. The molecule has 0 saturated heterocycles. The van der Waals surface area contributed by atoms with Crippen LogP contribution in [-0.2, 0) is 28.8 Å². The van der Waals surface area contributed by atoms with Crippen LogP contribution in [0.2, 0.25) is 0 Å². The van der Waals surface area contributed by atoms with Gasteiger partial charge in [-0.15, -0.1) is 0 Å². The summed E-state index contributed by atoms with van der Waals surface area (Å²) in [7, 11) is 1.81. The zero-order chi connectivity index (χ0) is 37.8. The molecule has 0 bridgehead atoms. The van der Waals surface area contributed by atoms with Crippen LogP contribution >= 0.6 is 0 Å². The Morgan fingerprint density at radius 2 is 0.959 bits per heavy atom. The normalized spacial score (nSPS) is 10.3. The third kappa shape index (κ3) is 29.3. The highest BCUT2D eigenvalue weighted by atomic mass is 16.2. The number of carbonyl (C=O) groups excluding carboxylic acids is 7. The Kier molecular flexibility index (Phi) is 27.0. The van der Waals surface area contributed by atoms with Gasteiger partial charge < -0.3 is 54.0 Å². The molecular weight excluding hydrogens is 636 g/mol. The van der Waals surface area contributed by atoms with Crippen molar-refractivity contribution in [3.63, 3.8) is 0 Å². The van der Waals surface area contributed by atoms with Gasteiger partial charge in [0.05, 0.1) is 0 Å². The summed E-state index contributed by atoms with van der Waals surface area (Å²) >= 11 is 0. The highest BCUT2D eigenvalue weighted by Crippen LogP contribution is 2.10. The predicted molar refractivity (Wildman–Crippen MR) is 188 cm³/mol. The van der Waals surface area contributed by atoms with Gasteiger partial charge in [0.1, 0.15) is 0 Å². The molecule has 0 aliphatic heterocycles. The van der Waals surface area contributed by atoms with E-state index in [1.807, 2.05) is 11.9 Å². The lowest BCUT2D eigenvalue weighted by Gasteiger charge is -2.20. The lowest BCUT2D eigenvalue weighted by molar-refractivity contribution is -0.120. The molecule has 1 aromatic carbocycles. The number of primary amides is 5. The van der Waals surface area contributed by atoms with Crippen LogP contribution in [0.25, 0.3) is 0 Å². The van der Waals surface area contributed by atoms with Crippen molar-refractivity contribution in [2.75, 3.05) is 71.3 Å². The Morgan fingerprint density at radius 3 is 1.31 bits per heavy atom. The standard InChI is InChI=1S/C16H25N3O2.C9H18N4O3.C7H15N3O2/c1-4-15(20)18-14-9-7-13(8-10-14)16(21)17-11-12-19(5-2)6-3;10-7(14)1-4-13(5-2-8(11)15)6-3-9(12)16;1-10(4-2-6(8)11)5-3-7(9)12/h7-10H,4-6,11-12H2,1-3H3,(H,17,21)(H,18,20);1-6H2,(H2,10,14)(H2,11,15)(H2,12,16);2-5H2,1H3,(H2,8,11)(H2,9,12). The van der Waals surface area contributed by atoms with Crippen LogP contribution in [0.5, 0.6) is 0 Å². The van der Waals surface area contributed by atoms with E-state index in [9.17, 15) is 33.6 Å². The van der Waals surface area contributed by atoms with Crippen molar-refractivity contribution in [3.8, 4) is 0 Å². The van der Waals surface area contributed by atoms with E-state index in [1.165, 1.54) is 0 Å². The van der Waals surface area contributed by atoms with Crippen LogP contribution in [-0.4, -0.2) is 122 Å². The molecule has 49 heavy (non-hydrogen) atoms. The maximum atomic E-state index is 12.0. The Bertz CT molecular complexity index is 1100. The molecule has 17 heteroatoms. The fourth-order valence-electron chi connectivity index (χ4n) is 3.78. The first kappa shape index (κ1) is 46.5. The number of nitrogens with one attached hydrogen (secondary N) is 2. The average Bonchev–Trinajstić information content (AvgIpc) is 3.04. The van der Waals surface area contributed by atoms with Gasteiger partial charge in [-0.25, -0.2) is 0 Å². The van der Waals surface area contributed by atoms with Gasteiger partial charge in [0.25, 0.3) is 5.91 Å². The Balaban J connectivity index is 0. The first-order valence-corrected chi connectivity index (χ1v) is 16.3. The molecule has 0 heterocycles. The third-order valence-electron chi connectivity index (χ3n) is 6.86. The van der Waals surface area contributed by atoms with Gasteiger partial charge in [-0.2, -0.15) is 0 Å². The molecule has 0 spiro atoms. The van der Waals surface area contributed by atoms with E-state index in [0.29, 0.717) is 69.8 Å². The lowest BCUT2D eigenvalue weighted by Crippen LogP contribution is -2.34. The number of benzene rings is 1. The molecule has 0 aliphatic rings. The maximum Gasteiger partial charge on any atom is 0.251 e. The summed E-state index contributed by atoms with van der Waals surface area (Å²) in [5.74, 6) is -2.07. The molecular formula is C32H58N10O7. The second kappa shape index (κ2) is 28.4. The number of nitrogens with zero attached hydrogens (tertiary/aromatic N) is 3. The van der Waals surface area contributed by atoms with E-state index in [4.69, 9.17) is 28.7 Å². The molecule has 278 valence electrons. The van der Waals surface area contributed by atoms with Crippen molar-refractivity contribution in [2.24, 2.45) is 28.7 Å². The summed E-state index contributed by atoms with van der Waals surface area (Å²) < 4.78 is 0. The number of nitrogens with two attached hydrogens (primary N) is 5. The molecule has 12 N–H and O–H groups in total. The van der Waals surface area contributed by atoms with Gasteiger partial charge in [-0.05, 0) is 44.4 Å². The number of hydrogen-bond donors (Lipinski definition) is 7. The number of amides is 7. The van der Waals surface area contributed by atoms with Crippen molar-refractivity contribution in [2.45, 2.75) is 59.3 Å². The third-order valence-corrected chi connectivity index (χ3v) is 6.86. The highest BCUT2D eigenvalue weighted by molar-refractivity contribution is 5.95. The van der Waals surface area contributed by atoms with E-state index >= 15 is 0 Å². The quantitative estimate of drug-likeness (QED) is 0.0710. The van der Waals surface area contributed by atoms with Crippen LogP contribution in [0.4, 0.5) is 5.69 Å². The second-order valence-electron chi connectivity index (χ2n) is 11.0. The fraction of sp³-hybridized carbons (Fsp3) is 0.594. The molecule has 0 aromatic heterocycles. The van der Waals surface area contributed by atoms with Crippen LogP contribution in [0.3, 0.4) is 0 Å². The summed E-state index contributed by atoms with van der Waals surface area (Å²) in [6.45, 7) is 11.8. The zero-order valence-corrected chi connectivity index (χ0v) is 29.5. The Hall–Kier alpha value is -4.61. The van der Waals surface area contributed by atoms with Gasteiger partial charge in [0.2, 0.25) is 35.4 Å². The van der Waals surface area contributed by atoms with Crippen molar-refractivity contribution in [1.82, 2.24) is 20.0 Å². The fourth-order valence-corrected chi connectivity index (χ4v) is 3.78. The van der Waals surface area contributed by atoms with Crippen LogP contribution in [0.15, 0.2) is 24.3 Å². The summed E-state index contributed by atoms with van der Waals surface area (Å²) in [6.07, 6.45) is 1.60. The summed E-state index contributed by atoms with van der Waals surface area (Å²) in [6, 6.07) is 6.93. The van der Waals surface area contributed by atoms with E-state index in [1.54, 1.807) is 36.1 Å². The summed E-state index contributed by atoms with van der Waals surface area (Å²) in [5.41, 5.74) is 26.2. The Labute approximate surface area is 289 Å². The van der Waals surface area contributed by atoms with Gasteiger partial charge in [0, 0.05) is 95.6 Å². The molecule has 0 fully saturated rings. The van der Waals surface area contributed by atoms with Gasteiger partial charge >= 0.3 is 0 Å².